The molecule has 11 heteroatoms. The fourth-order valence-electron chi connectivity index (χ4n) is 5.45. The summed E-state index contributed by atoms with van der Waals surface area (Å²) in [5.74, 6) is 2.98. The number of fused-ring (bicyclic) bond motifs is 3. The lowest BCUT2D eigenvalue weighted by atomic mass is 9.91. The van der Waals surface area contributed by atoms with E-state index in [9.17, 15) is 4.79 Å². The van der Waals surface area contributed by atoms with Gasteiger partial charge in [0.2, 0.25) is 5.91 Å². The summed E-state index contributed by atoms with van der Waals surface area (Å²) in [7, 11) is 5.05. The van der Waals surface area contributed by atoms with E-state index in [1.54, 1.807) is 31.3 Å². The minimum Gasteiger partial charge on any atom is -0.497 e. The summed E-state index contributed by atoms with van der Waals surface area (Å²) in [5, 5.41) is 19.0. The van der Waals surface area contributed by atoms with E-state index in [4.69, 9.17) is 9.47 Å². The van der Waals surface area contributed by atoms with Gasteiger partial charge in [0.15, 0.2) is 23.2 Å². The van der Waals surface area contributed by atoms with E-state index in [1.165, 1.54) is 0 Å². The zero-order chi connectivity index (χ0) is 26.0. The molecule has 0 unspecified atom stereocenters. The number of amides is 1. The zero-order valence-electron chi connectivity index (χ0n) is 20.9. The van der Waals surface area contributed by atoms with Crippen LogP contribution < -0.4 is 20.1 Å². The molecular weight excluding hydrogens is 484 g/mol. The maximum atomic E-state index is 13.1. The molecule has 1 aliphatic heterocycles. The second-order valence-electron chi connectivity index (χ2n) is 9.61. The van der Waals surface area contributed by atoms with Gasteiger partial charge in [-0.15, -0.1) is 0 Å². The van der Waals surface area contributed by atoms with Crippen molar-refractivity contribution >= 4 is 34.1 Å². The SMILES string of the molecule is COc1ccc2c(c1)[C@]1(C[C@H]1c1ccc3c(Nc4nc(-c5cnn(C)c5)ncc4OC)n[nH]c3c1)C(=O)N2. The summed E-state index contributed by atoms with van der Waals surface area (Å²) in [6.07, 6.45) is 5.93. The first kappa shape index (κ1) is 22.3. The summed E-state index contributed by atoms with van der Waals surface area (Å²) in [4.78, 5) is 22.1. The van der Waals surface area contributed by atoms with Crippen LogP contribution in [0.15, 0.2) is 55.0 Å². The van der Waals surface area contributed by atoms with Crippen LogP contribution in [0.2, 0.25) is 0 Å². The maximum absolute atomic E-state index is 13.1. The van der Waals surface area contributed by atoms with E-state index >= 15 is 0 Å². The van der Waals surface area contributed by atoms with Gasteiger partial charge in [-0.05, 0) is 47.9 Å². The topological polar surface area (TPSA) is 132 Å². The third-order valence-electron chi connectivity index (χ3n) is 7.49. The molecule has 11 nitrogen and oxygen atoms in total. The number of benzene rings is 2. The number of aryl methyl sites for hydroxylation is 1. The van der Waals surface area contributed by atoms with Crippen LogP contribution in [0, 0.1) is 0 Å². The van der Waals surface area contributed by atoms with E-state index in [-0.39, 0.29) is 11.8 Å². The molecule has 0 bridgehead atoms. The predicted octanol–water partition coefficient (Wildman–Crippen LogP) is 3.89. The quantitative estimate of drug-likeness (QED) is 0.315. The second-order valence-corrected chi connectivity index (χ2v) is 9.61. The molecule has 3 aromatic heterocycles. The van der Waals surface area contributed by atoms with E-state index in [0.29, 0.717) is 23.2 Å². The van der Waals surface area contributed by atoms with Crippen molar-refractivity contribution in [2.75, 3.05) is 24.9 Å². The molecule has 1 aliphatic carbocycles. The average Bonchev–Trinajstić information content (AvgIpc) is 3.17. The first-order chi connectivity index (χ1) is 18.5. The lowest BCUT2D eigenvalue weighted by molar-refractivity contribution is -0.118. The van der Waals surface area contributed by atoms with Crippen molar-refractivity contribution in [1.29, 1.82) is 0 Å². The Balaban J connectivity index is 1.20. The molecule has 2 aliphatic rings. The Kier molecular flexibility index (Phi) is 4.71. The van der Waals surface area contributed by atoms with Gasteiger partial charge in [-0.25, -0.2) is 9.97 Å². The number of aromatic amines is 1. The van der Waals surface area contributed by atoms with Crippen LogP contribution in [-0.4, -0.2) is 50.1 Å². The van der Waals surface area contributed by atoms with Crippen molar-refractivity contribution in [2.24, 2.45) is 7.05 Å². The fourth-order valence-corrected chi connectivity index (χ4v) is 5.45. The van der Waals surface area contributed by atoms with Crippen LogP contribution >= 0.6 is 0 Å². The number of ether oxygens (including phenoxy) is 2. The first-order valence-corrected chi connectivity index (χ1v) is 12.1. The number of anilines is 3. The number of hydrogen-bond donors (Lipinski definition) is 3. The number of methoxy groups -OCH3 is 2. The van der Waals surface area contributed by atoms with Crippen molar-refractivity contribution in [1.82, 2.24) is 29.9 Å². The molecule has 1 spiro atoms. The largest absolute Gasteiger partial charge is 0.497 e. The number of hydrogen-bond acceptors (Lipinski definition) is 8. The first-order valence-electron chi connectivity index (χ1n) is 12.1. The van der Waals surface area contributed by atoms with Gasteiger partial charge < -0.3 is 20.1 Å². The van der Waals surface area contributed by atoms with Gasteiger partial charge in [-0.2, -0.15) is 10.2 Å². The molecular formula is C27H24N8O3. The highest BCUT2D eigenvalue weighted by molar-refractivity contribution is 6.10. The average molecular weight is 509 g/mol. The molecule has 4 heterocycles. The van der Waals surface area contributed by atoms with Gasteiger partial charge in [0.1, 0.15) is 5.75 Å². The van der Waals surface area contributed by atoms with E-state index < -0.39 is 5.41 Å². The monoisotopic (exact) mass is 508 g/mol. The summed E-state index contributed by atoms with van der Waals surface area (Å²) in [6, 6.07) is 11.9. The lowest BCUT2D eigenvalue weighted by Gasteiger charge is -2.11. The fraction of sp³-hybridized carbons (Fsp3) is 0.222. The molecule has 190 valence electrons. The lowest BCUT2D eigenvalue weighted by Crippen LogP contribution is -2.21. The minimum atomic E-state index is -0.560. The van der Waals surface area contributed by atoms with Crippen LogP contribution in [0.3, 0.4) is 0 Å². The molecule has 0 radical (unpaired) electrons. The highest BCUT2D eigenvalue weighted by atomic mass is 16.5. The van der Waals surface area contributed by atoms with Gasteiger partial charge in [0.05, 0.1) is 43.1 Å². The maximum Gasteiger partial charge on any atom is 0.235 e. The van der Waals surface area contributed by atoms with Gasteiger partial charge in [-0.3, -0.25) is 14.6 Å². The predicted molar refractivity (Wildman–Crippen MR) is 141 cm³/mol. The second kappa shape index (κ2) is 8.04. The zero-order valence-corrected chi connectivity index (χ0v) is 20.9. The van der Waals surface area contributed by atoms with E-state index in [1.807, 2.05) is 37.5 Å². The Bertz CT molecular complexity index is 1740. The summed E-state index contributed by atoms with van der Waals surface area (Å²) in [6.45, 7) is 0. The van der Waals surface area contributed by atoms with Crippen molar-refractivity contribution in [3.63, 3.8) is 0 Å². The number of carbonyl (C=O) groups excluding carboxylic acids is 1. The third kappa shape index (κ3) is 3.24. The normalized spacial score (nSPS) is 19.4. The van der Waals surface area contributed by atoms with E-state index in [0.717, 1.165) is 45.5 Å². The van der Waals surface area contributed by atoms with E-state index in [2.05, 4.69) is 48.0 Å². The molecule has 3 N–H and O–H groups in total. The molecule has 1 fully saturated rings. The number of carbonyl (C=O) groups is 1. The number of nitrogens with zero attached hydrogens (tertiary/aromatic N) is 5. The highest BCUT2D eigenvalue weighted by Crippen LogP contribution is 2.65. The standard InChI is InChI=1S/C27H24N8O3/c1-35-13-15(11-29-35)23-28-12-22(38-3)25(31-23)32-24-17-6-4-14(8-21(17)33-34-24)19-10-27(19)18-9-16(37-2)5-7-20(18)30-26(27)36/h4-9,11-13,19H,10H2,1-3H3,(H,30,36)(H2,28,31,32,33,34)/t19-,27-/m0/s1. The number of rotatable bonds is 6. The Morgan fingerprint density at radius 3 is 2.79 bits per heavy atom. The van der Waals surface area contributed by atoms with Crippen molar-refractivity contribution in [2.45, 2.75) is 17.8 Å². The van der Waals surface area contributed by atoms with Crippen LogP contribution in [0.5, 0.6) is 11.5 Å². The molecule has 1 saturated carbocycles. The Morgan fingerprint density at radius 2 is 2.00 bits per heavy atom. The number of nitrogens with one attached hydrogen (secondary N) is 3. The smallest absolute Gasteiger partial charge is 0.235 e. The van der Waals surface area contributed by atoms with Crippen LogP contribution in [0.25, 0.3) is 22.3 Å². The Morgan fingerprint density at radius 1 is 1.11 bits per heavy atom. The molecule has 38 heavy (non-hydrogen) atoms. The minimum absolute atomic E-state index is 0.0399. The third-order valence-corrected chi connectivity index (χ3v) is 7.49. The molecule has 2 atom stereocenters. The number of H-pyrrole nitrogens is 1. The molecule has 1 amide bonds. The highest BCUT2D eigenvalue weighted by Gasteiger charge is 2.65. The van der Waals surface area contributed by atoms with Gasteiger partial charge in [0.25, 0.3) is 0 Å². The summed E-state index contributed by atoms with van der Waals surface area (Å²) < 4.78 is 12.6. The van der Waals surface area contributed by atoms with Crippen molar-refractivity contribution in [3.8, 4) is 22.9 Å². The molecule has 5 aromatic rings. The Hall–Kier alpha value is -4.93. The Labute approximate surface area is 217 Å². The van der Waals surface area contributed by atoms with Gasteiger partial charge in [-0.1, -0.05) is 6.07 Å². The molecule has 7 rings (SSSR count). The molecule has 2 aromatic carbocycles. The van der Waals surface area contributed by atoms with Crippen LogP contribution in [0.1, 0.15) is 23.5 Å². The summed E-state index contributed by atoms with van der Waals surface area (Å²) in [5.41, 5.74) is 4.03. The number of aromatic nitrogens is 6. The van der Waals surface area contributed by atoms with Gasteiger partial charge in [0, 0.05) is 30.2 Å². The van der Waals surface area contributed by atoms with Crippen molar-refractivity contribution < 1.29 is 14.3 Å². The van der Waals surface area contributed by atoms with Crippen molar-refractivity contribution in [3.05, 3.63) is 66.1 Å². The molecule has 0 saturated heterocycles. The van der Waals surface area contributed by atoms with Crippen LogP contribution in [-0.2, 0) is 17.3 Å². The van der Waals surface area contributed by atoms with Crippen LogP contribution in [0.4, 0.5) is 17.3 Å². The summed E-state index contributed by atoms with van der Waals surface area (Å²) >= 11 is 0. The van der Waals surface area contributed by atoms with Gasteiger partial charge >= 0.3 is 0 Å².